The average Bonchev–Trinajstić information content (AvgIpc) is 2.67. The molecule has 1 aliphatic rings. The zero-order valence-electron chi connectivity index (χ0n) is 14.6. The van der Waals surface area contributed by atoms with Crippen LogP contribution in [0.4, 0.5) is 11.4 Å². The number of anilines is 2. The second-order valence-electron chi connectivity index (χ2n) is 5.81. The van der Waals surface area contributed by atoms with Gasteiger partial charge in [-0.1, -0.05) is 11.6 Å². The van der Waals surface area contributed by atoms with Crippen molar-refractivity contribution >= 4 is 28.9 Å². The van der Waals surface area contributed by atoms with Gasteiger partial charge >= 0.3 is 0 Å². The zero-order valence-corrected chi connectivity index (χ0v) is 15.3. The van der Waals surface area contributed by atoms with Gasteiger partial charge in [0.2, 0.25) is 5.91 Å². The molecule has 1 aromatic rings. The fourth-order valence-corrected chi connectivity index (χ4v) is 2.92. The third kappa shape index (κ3) is 5.80. The average molecular weight is 376 g/mol. The fraction of sp³-hybridized carbons (Fsp3) is 0.500. The summed E-state index contributed by atoms with van der Waals surface area (Å²) in [5.74, 6) is -0.150. The largest absolute Gasteiger partial charge is 0.378 e. The van der Waals surface area contributed by atoms with Gasteiger partial charge in [-0.3, -0.25) is 4.79 Å². The highest BCUT2D eigenvalue weighted by Crippen LogP contribution is 2.29. The first-order valence-corrected chi connectivity index (χ1v) is 8.91. The molecule has 0 bridgehead atoms. The Bertz CT molecular complexity index is 674. The molecule has 0 saturated carbocycles. The summed E-state index contributed by atoms with van der Waals surface area (Å²) in [4.78, 5) is 16.2. The number of morpholine rings is 1. The molecule has 0 unspecified atom stereocenters. The molecule has 1 N–H and O–H groups in total. The van der Waals surface area contributed by atoms with Gasteiger partial charge in [0.25, 0.3) is 0 Å². The fourth-order valence-electron chi connectivity index (χ4n) is 2.74. The zero-order chi connectivity index (χ0) is 18.8. The summed E-state index contributed by atoms with van der Waals surface area (Å²) < 4.78 is 5.39. The summed E-state index contributed by atoms with van der Waals surface area (Å²) in [5.41, 5.74) is 1.76. The number of benzene rings is 1. The van der Waals surface area contributed by atoms with Crippen molar-refractivity contribution in [3.05, 3.63) is 23.2 Å². The minimum absolute atomic E-state index is 0.0779. The van der Waals surface area contributed by atoms with Crippen molar-refractivity contribution in [3.63, 3.8) is 0 Å². The van der Waals surface area contributed by atoms with Gasteiger partial charge in [-0.25, -0.2) is 0 Å². The van der Waals surface area contributed by atoms with Crippen molar-refractivity contribution in [2.45, 2.75) is 12.8 Å². The maximum absolute atomic E-state index is 12.5. The summed E-state index contributed by atoms with van der Waals surface area (Å²) >= 11 is 6.12. The third-order valence-corrected chi connectivity index (χ3v) is 4.32. The topological polar surface area (TPSA) is 92.4 Å². The van der Waals surface area contributed by atoms with Crippen molar-refractivity contribution in [3.8, 4) is 12.1 Å². The highest BCUT2D eigenvalue weighted by molar-refractivity contribution is 6.31. The van der Waals surface area contributed by atoms with E-state index in [0.29, 0.717) is 31.3 Å². The number of nitrogens with one attached hydrogen (secondary N) is 1. The molecule has 2 rings (SSSR count). The van der Waals surface area contributed by atoms with Gasteiger partial charge in [0.15, 0.2) is 0 Å². The van der Waals surface area contributed by atoms with Crippen LogP contribution < -0.4 is 10.2 Å². The lowest BCUT2D eigenvalue weighted by Crippen LogP contribution is -2.38. The molecule has 1 heterocycles. The molecule has 1 aromatic carbocycles. The Morgan fingerprint density at radius 2 is 1.88 bits per heavy atom. The molecule has 0 aromatic heterocycles. The molecule has 1 saturated heterocycles. The highest BCUT2D eigenvalue weighted by Gasteiger charge is 2.17. The minimum Gasteiger partial charge on any atom is -0.378 e. The van der Waals surface area contributed by atoms with E-state index in [4.69, 9.17) is 26.9 Å². The number of nitrogens with zero attached hydrogens (tertiary/aromatic N) is 4. The van der Waals surface area contributed by atoms with Gasteiger partial charge < -0.3 is 19.9 Å². The smallest absolute Gasteiger partial charge is 0.241 e. The monoisotopic (exact) mass is 375 g/mol. The first kappa shape index (κ1) is 19.8. The normalized spacial score (nSPS) is 13.6. The van der Waals surface area contributed by atoms with Gasteiger partial charge in [0, 0.05) is 31.2 Å². The molecule has 1 amide bonds. The maximum atomic E-state index is 12.5. The van der Waals surface area contributed by atoms with Crippen LogP contribution >= 0.6 is 11.6 Å². The van der Waals surface area contributed by atoms with Gasteiger partial charge in [-0.2, -0.15) is 10.5 Å². The number of ether oxygens (including phenoxy) is 1. The van der Waals surface area contributed by atoms with E-state index in [2.05, 4.69) is 10.2 Å². The Morgan fingerprint density at radius 3 is 2.50 bits per heavy atom. The van der Waals surface area contributed by atoms with Crippen LogP contribution in [0.2, 0.25) is 5.02 Å². The quantitative estimate of drug-likeness (QED) is 0.749. The Morgan fingerprint density at radius 1 is 1.23 bits per heavy atom. The van der Waals surface area contributed by atoms with Crippen LogP contribution in [0.5, 0.6) is 0 Å². The van der Waals surface area contributed by atoms with Crippen LogP contribution in [0.15, 0.2) is 18.2 Å². The van der Waals surface area contributed by atoms with Gasteiger partial charge in [0.1, 0.15) is 0 Å². The van der Waals surface area contributed by atoms with Crippen LogP contribution in [0, 0.1) is 22.7 Å². The SMILES string of the molecule is N#CCCN(CCC#N)C(=O)CNc1cc(Cl)ccc1N1CCOCC1. The summed E-state index contributed by atoms with van der Waals surface area (Å²) in [6.07, 6.45) is 0.487. The molecular formula is C18H22ClN5O2. The first-order valence-electron chi connectivity index (χ1n) is 8.53. The molecular weight excluding hydrogens is 354 g/mol. The van der Waals surface area contributed by atoms with E-state index in [9.17, 15) is 4.79 Å². The van der Waals surface area contributed by atoms with Crippen molar-refractivity contribution in [1.29, 1.82) is 10.5 Å². The minimum atomic E-state index is -0.150. The summed E-state index contributed by atoms with van der Waals surface area (Å²) in [6, 6.07) is 9.62. The third-order valence-electron chi connectivity index (χ3n) is 4.08. The summed E-state index contributed by atoms with van der Waals surface area (Å²) in [6.45, 7) is 3.61. The standard InChI is InChI=1S/C18H22ClN5O2/c19-15-3-4-17(23-9-11-26-12-10-23)16(13-15)22-14-18(25)24(7-1-5-20)8-2-6-21/h3-4,13,22H,1-2,7-12,14H2. The van der Waals surface area contributed by atoms with E-state index in [1.54, 1.807) is 11.0 Å². The number of rotatable bonds is 8. The molecule has 7 nitrogen and oxygen atoms in total. The first-order chi connectivity index (χ1) is 12.7. The lowest BCUT2D eigenvalue weighted by Gasteiger charge is -2.31. The number of hydrogen-bond acceptors (Lipinski definition) is 6. The molecule has 0 aliphatic carbocycles. The van der Waals surface area contributed by atoms with Crippen LogP contribution in [0.25, 0.3) is 0 Å². The van der Waals surface area contributed by atoms with Gasteiger partial charge in [-0.15, -0.1) is 0 Å². The van der Waals surface area contributed by atoms with Crippen molar-refractivity contribution in [1.82, 2.24) is 4.90 Å². The highest BCUT2D eigenvalue weighted by atomic mass is 35.5. The van der Waals surface area contributed by atoms with Crippen LogP contribution in [-0.2, 0) is 9.53 Å². The van der Waals surface area contributed by atoms with Crippen molar-refractivity contribution in [2.75, 3.05) is 56.2 Å². The molecule has 138 valence electrons. The number of amides is 1. The number of hydrogen-bond donors (Lipinski definition) is 1. The molecule has 1 fully saturated rings. The molecule has 1 aliphatic heterocycles. The van der Waals surface area contributed by atoms with E-state index in [-0.39, 0.29) is 25.3 Å². The summed E-state index contributed by atoms with van der Waals surface area (Å²) in [5, 5.41) is 21.2. The predicted molar refractivity (Wildman–Crippen MR) is 100 cm³/mol. The predicted octanol–water partition coefficient (Wildman–Crippen LogP) is 2.24. The Labute approximate surface area is 158 Å². The van der Waals surface area contributed by atoms with E-state index in [1.165, 1.54) is 0 Å². The van der Waals surface area contributed by atoms with E-state index >= 15 is 0 Å². The van der Waals surface area contributed by atoms with Crippen LogP contribution in [-0.4, -0.2) is 56.7 Å². The van der Waals surface area contributed by atoms with Crippen LogP contribution in [0.1, 0.15) is 12.8 Å². The lowest BCUT2D eigenvalue weighted by molar-refractivity contribution is -0.129. The molecule has 26 heavy (non-hydrogen) atoms. The van der Waals surface area contributed by atoms with E-state index in [1.807, 2.05) is 24.3 Å². The Hall–Kier alpha value is -2.48. The molecule has 8 heteroatoms. The number of carbonyl (C=O) groups is 1. The Balaban J connectivity index is 2.04. The van der Waals surface area contributed by atoms with E-state index < -0.39 is 0 Å². The van der Waals surface area contributed by atoms with Crippen molar-refractivity contribution in [2.24, 2.45) is 0 Å². The summed E-state index contributed by atoms with van der Waals surface area (Å²) in [7, 11) is 0. The maximum Gasteiger partial charge on any atom is 0.241 e. The molecule has 0 radical (unpaired) electrons. The molecule has 0 atom stereocenters. The lowest BCUT2D eigenvalue weighted by atomic mass is 10.2. The number of carbonyl (C=O) groups excluding carboxylic acids is 1. The van der Waals surface area contributed by atoms with Gasteiger partial charge in [-0.05, 0) is 18.2 Å². The van der Waals surface area contributed by atoms with Crippen LogP contribution in [0.3, 0.4) is 0 Å². The second-order valence-corrected chi connectivity index (χ2v) is 6.25. The second kappa shape index (κ2) is 10.5. The van der Waals surface area contributed by atoms with Crippen molar-refractivity contribution < 1.29 is 9.53 Å². The molecule has 0 spiro atoms. The van der Waals surface area contributed by atoms with E-state index in [0.717, 1.165) is 24.5 Å². The Kier molecular flexibility index (Phi) is 8.01. The van der Waals surface area contributed by atoms with Gasteiger partial charge in [0.05, 0.1) is 56.1 Å². The number of nitriles is 2. The number of halogens is 1.